The SMILES string of the molecule is CCCCOc1[c]c(C)cc(OCCCC)c1. The van der Waals surface area contributed by atoms with Crippen molar-refractivity contribution in [1.82, 2.24) is 0 Å². The summed E-state index contributed by atoms with van der Waals surface area (Å²) >= 11 is 0. The van der Waals surface area contributed by atoms with Gasteiger partial charge in [0.2, 0.25) is 0 Å². The Kier molecular flexibility index (Phi) is 6.53. The van der Waals surface area contributed by atoms with E-state index in [2.05, 4.69) is 19.9 Å². The minimum atomic E-state index is 0.755. The molecular formula is C15H23O2. The summed E-state index contributed by atoms with van der Waals surface area (Å²) in [6.07, 6.45) is 4.46. The summed E-state index contributed by atoms with van der Waals surface area (Å²) in [5.41, 5.74) is 1.06. The highest BCUT2D eigenvalue weighted by atomic mass is 16.5. The van der Waals surface area contributed by atoms with Gasteiger partial charge in [-0.25, -0.2) is 0 Å². The van der Waals surface area contributed by atoms with Crippen LogP contribution in [-0.2, 0) is 0 Å². The Morgan fingerprint density at radius 1 is 1.00 bits per heavy atom. The van der Waals surface area contributed by atoms with Crippen molar-refractivity contribution in [3.05, 3.63) is 23.8 Å². The van der Waals surface area contributed by atoms with Gasteiger partial charge < -0.3 is 9.47 Å². The topological polar surface area (TPSA) is 18.5 Å². The summed E-state index contributed by atoms with van der Waals surface area (Å²) < 4.78 is 11.3. The van der Waals surface area contributed by atoms with E-state index in [-0.39, 0.29) is 0 Å². The van der Waals surface area contributed by atoms with E-state index < -0.39 is 0 Å². The molecule has 0 unspecified atom stereocenters. The van der Waals surface area contributed by atoms with Crippen molar-refractivity contribution in [3.63, 3.8) is 0 Å². The van der Waals surface area contributed by atoms with Gasteiger partial charge in [0.1, 0.15) is 11.5 Å². The van der Waals surface area contributed by atoms with Crippen molar-refractivity contribution in [1.29, 1.82) is 0 Å². The summed E-state index contributed by atoms with van der Waals surface area (Å²) in [6, 6.07) is 7.13. The quantitative estimate of drug-likeness (QED) is 0.630. The maximum absolute atomic E-state index is 5.67. The van der Waals surface area contributed by atoms with E-state index in [4.69, 9.17) is 9.47 Å². The first kappa shape index (κ1) is 13.9. The molecule has 1 aromatic carbocycles. The van der Waals surface area contributed by atoms with E-state index in [1.54, 1.807) is 0 Å². The van der Waals surface area contributed by atoms with Crippen molar-refractivity contribution in [2.75, 3.05) is 13.2 Å². The molecule has 0 atom stereocenters. The number of hydrogen-bond acceptors (Lipinski definition) is 2. The molecule has 0 saturated heterocycles. The van der Waals surface area contributed by atoms with E-state index in [0.29, 0.717) is 0 Å². The minimum Gasteiger partial charge on any atom is -0.493 e. The molecule has 0 aromatic heterocycles. The Bertz CT molecular complexity index is 292. The van der Waals surface area contributed by atoms with Crippen molar-refractivity contribution in [2.24, 2.45) is 0 Å². The summed E-state index contributed by atoms with van der Waals surface area (Å²) in [5.74, 6) is 1.69. The third kappa shape index (κ3) is 5.62. The van der Waals surface area contributed by atoms with Crippen LogP contribution in [0.25, 0.3) is 0 Å². The molecule has 0 aliphatic carbocycles. The van der Waals surface area contributed by atoms with Crippen LogP contribution in [-0.4, -0.2) is 13.2 Å². The second kappa shape index (κ2) is 7.99. The fourth-order valence-electron chi connectivity index (χ4n) is 1.47. The zero-order valence-electron chi connectivity index (χ0n) is 11.2. The number of hydrogen-bond donors (Lipinski definition) is 0. The van der Waals surface area contributed by atoms with E-state index in [1.807, 2.05) is 19.1 Å². The molecule has 1 rings (SSSR count). The van der Waals surface area contributed by atoms with Gasteiger partial charge in [-0.1, -0.05) is 26.7 Å². The van der Waals surface area contributed by atoms with Crippen molar-refractivity contribution < 1.29 is 9.47 Å². The third-order valence-electron chi connectivity index (χ3n) is 2.47. The number of benzene rings is 1. The van der Waals surface area contributed by atoms with Crippen LogP contribution < -0.4 is 9.47 Å². The zero-order valence-corrected chi connectivity index (χ0v) is 11.2. The van der Waals surface area contributed by atoms with Crippen molar-refractivity contribution in [2.45, 2.75) is 46.5 Å². The standard InChI is InChI=1S/C15H23O2/c1-4-6-8-16-14-10-13(3)11-15(12-14)17-9-7-5-2/h10,12H,4-9H2,1-3H3. The van der Waals surface area contributed by atoms with Gasteiger partial charge in [-0.2, -0.15) is 0 Å². The van der Waals surface area contributed by atoms with Crippen LogP contribution in [0, 0.1) is 13.0 Å². The first-order valence-corrected chi connectivity index (χ1v) is 6.55. The lowest BCUT2D eigenvalue weighted by Crippen LogP contribution is -2.00. The molecule has 2 heteroatoms. The predicted molar refractivity (Wildman–Crippen MR) is 70.8 cm³/mol. The van der Waals surface area contributed by atoms with Crippen molar-refractivity contribution in [3.8, 4) is 11.5 Å². The Balaban J connectivity index is 2.53. The smallest absolute Gasteiger partial charge is 0.131 e. The molecule has 0 aliphatic rings. The predicted octanol–water partition coefficient (Wildman–Crippen LogP) is 4.15. The number of aryl methyl sites for hydroxylation is 1. The van der Waals surface area contributed by atoms with Crippen LogP contribution >= 0.6 is 0 Å². The average Bonchev–Trinajstić information content (AvgIpc) is 2.29. The molecule has 1 radical (unpaired) electrons. The van der Waals surface area contributed by atoms with Gasteiger partial charge in [-0.05, 0) is 31.4 Å². The van der Waals surface area contributed by atoms with E-state index in [0.717, 1.165) is 56.0 Å². The van der Waals surface area contributed by atoms with Crippen molar-refractivity contribution >= 4 is 0 Å². The number of ether oxygens (including phenoxy) is 2. The van der Waals surface area contributed by atoms with E-state index in [1.165, 1.54) is 0 Å². The van der Waals surface area contributed by atoms with Crippen LogP contribution in [0.1, 0.15) is 45.1 Å². The molecule has 95 valence electrons. The van der Waals surface area contributed by atoms with Gasteiger partial charge in [0.15, 0.2) is 0 Å². The molecule has 0 fully saturated rings. The van der Waals surface area contributed by atoms with E-state index >= 15 is 0 Å². The molecule has 0 amide bonds. The minimum absolute atomic E-state index is 0.755. The normalized spacial score (nSPS) is 10.3. The fraction of sp³-hybridized carbons (Fsp3) is 0.600. The van der Waals surface area contributed by atoms with Crippen LogP contribution in [0.15, 0.2) is 12.1 Å². The van der Waals surface area contributed by atoms with Gasteiger partial charge in [-0.15, -0.1) is 0 Å². The maximum Gasteiger partial charge on any atom is 0.131 e. The highest BCUT2D eigenvalue weighted by Gasteiger charge is 2.01. The molecule has 0 aliphatic heterocycles. The van der Waals surface area contributed by atoms with Crippen LogP contribution in [0.5, 0.6) is 11.5 Å². The second-order valence-electron chi connectivity index (χ2n) is 4.27. The molecule has 0 spiro atoms. The molecule has 1 aromatic rings. The average molecular weight is 235 g/mol. The fourth-order valence-corrected chi connectivity index (χ4v) is 1.47. The Labute approximate surface area is 105 Å². The largest absolute Gasteiger partial charge is 0.493 e. The number of unbranched alkanes of at least 4 members (excludes halogenated alkanes) is 2. The van der Waals surface area contributed by atoms with Crippen LogP contribution in [0.4, 0.5) is 0 Å². The molecule has 2 nitrogen and oxygen atoms in total. The summed E-state index contributed by atoms with van der Waals surface area (Å²) in [4.78, 5) is 0. The van der Waals surface area contributed by atoms with Gasteiger partial charge in [0, 0.05) is 12.1 Å². The lowest BCUT2D eigenvalue weighted by molar-refractivity contribution is 0.293. The molecule has 0 bridgehead atoms. The molecular weight excluding hydrogens is 212 g/mol. The second-order valence-corrected chi connectivity index (χ2v) is 4.27. The molecule has 17 heavy (non-hydrogen) atoms. The highest BCUT2D eigenvalue weighted by molar-refractivity contribution is 5.36. The monoisotopic (exact) mass is 235 g/mol. The van der Waals surface area contributed by atoms with Gasteiger partial charge in [-0.3, -0.25) is 0 Å². The van der Waals surface area contributed by atoms with Gasteiger partial charge in [0.25, 0.3) is 0 Å². The summed E-state index contributed by atoms with van der Waals surface area (Å²) in [5, 5.41) is 0. The zero-order chi connectivity index (χ0) is 12.5. The third-order valence-corrected chi connectivity index (χ3v) is 2.47. The molecule has 0 heterocycles. The van der Waals surface area contributed by atoms with Gasteiger partial charge in [0.05, 0.1) is 13.2 Å². The maximum atomic E-state index is 5.67. The molecule has 0 N–H and O–H groups in total. The first-order valence-electron chi connectivity index (χ1n) is 6.55. The van der Waals surface area contributed by atoms with Crippen LogP contribution in [0.2, 0.25) is 0 Å². The number of rotatable bonds is 8. The summed E-state index contributed by atoms with van der Waals surface area (Å²) in [7, 11) is 0. The van der Waals surface area contributed by atoms with Crippen LogP contribution in [0.3, 0.4) is 0 Å². The Morgan fingerprint density at radius 3 is 2.29 bits per heavy atom. The lowest BCUT2D eigenvalue weighted by atomic mass is 10.2. The highest BCUT2D eigenvalue weighted by Crippen LogP contribution is 2.22. The lowest BCUT2D eigenvalue weighted by Gasteiger charge is -2.10. The Hall–Kier alpha value is -1.18. The summed E-state index contributed by atoms with van der Waals surface area (Å²) in [6.45, 7) is 7.86. The molecule has 0 saturated carbocycles. The Morgan fingerprint density at radius 2 is 1.65 bits per heavy atom. The first-order chi connectivity index (χ1) is 8.26. The van der Waals surface area contributed by atoms with Gasteiger partial charge >= 0.3 is 0 Å². The van der Waals surface area contributed by atoms with E-state index in [9.17, 15) is 0 Å².